The zero-order valence-electron chi connectivity index (χ0n) is 39.8. The average Bonchev–Trinajstić information content (AvgIpc) is 4.08. The summed E-state index contributed by atoms with van der Waals surface area (Å²) in [7, 11) is 0. The summed E-state index contributed by atoms with van der Waals surface area (Å²) in [6, 6.07) is 45.0. The lowest BCUT2D eigenvalue weighted by Crippen LogP contribution is -2.10. The molecule has 0 fully saturated rings. The van der Waals surface area contributed by atoms with E-state index in [9.17, 15) is 0 Å². The molecule has 0 radical (unpaired) electrons. The van der Waals surface area contributed by atoms with Gasteiger partial charge in [0.25, 0.3) is 0 Å². The van der Waals surface area contributed by atoms with Crippen LogP contribution in [0.4, 0.5) is 0 Å². The summed E-state index contributed by atoms with van der Waals surface area (Å²) in [4.78, 5) is 19.0. The summed E-state index contributed by atoms with van der Waals surface area (Å²) in [6.07, 6.45) is 8.69. The summed E-state index contributed by atoms with van der Waals surface area (Å²) in [5, 5.41) is 0. The number of hydrogen-bond acceptors (Lipinski definition) is 2. The Hall–Kier alpha value is -6.52. The molecule has 64 heavy (non-hydrogen) atoms. The van der Waals surface area contributed by atoms with Crippen LogP contribution in [0, 0.1) is 0 Å². The minimum absolute atomic E-state index is 0.0247. The number of aromatic amines is 2. The van der Waals surface area contributed by atoms with Crippen LogP contribution in [0.5, 0.6) is 0 Å². The van der Waals surface area contributed by atoms with E-state index in [0.717, 1.165) is 89.4 Å². The Morgan fingerprint density at radius 2 is 0.484 bits per heavy atom. The van der Waals surface area contributed by atoms with Crippen molar-refractivity contribution in [3.8, 4) is 44.5 Å². The molecule has 7 aromatic rings. The first kappa shape index (κ1) is 42.8. The summed E-state index contributed by atoms with van der Waals surface area (Å²) >= 11 is 0. The molecule has 2 N–H and O–H groups in total. The fourth-order valence-electron chi connectivity index (χ4n) is 8.97. The molecule has 4 aromatic carbocycles. The molecule has 0 atom stereocenters. The second-order valence-electron chi connectivity index (χ2n) is 21.8. The molecule has 5 heterocycles. The summed E-state index contributed by atoms with van der Waals surface area (Å²) < 4.78 is 0. The predicted octanol–water partition coefficient (Wildman–Crippen LogP) is 16.5. The highest BCUT2D eigenvalue weighted by atomic mass is 14.8. The van der Waals surface area contributed by atoms with Crippen LogP contribution in [0.1, 0.15) is 128 Å². The lowest BCUT2D eigenvalue weighted by atomic mass is 9.86. The van der Waals surface area contributed by atoms with Gasteiger partial charge in [0.1, 0.15) is 0 Å². The number of rotatable bonds is 4. The molecule has 0 spiro atoms. The van der Waals surface area contributed by atoms with Crippen LogP contribution in [0.15, 0.2) is 121 Å². The van der Waals surface area contributed by atoms with Crippen molar-refractivity contribution in [3.63, 3.8) is 0 Å². The lowest BCUT2D eigenvalue weighted by molar-refractivity contribution is 0.590. The van der Waals surface area contributed by atoms with Crippen LogP contribution >= 0.6 is 0 Å². The van der Waals surface area contributed by atoms with Crippen molar-refractivity contribution >= 4 is 46.4 Å². The fourth-order valence-corrected chi connectivity index (χ4v) is 8.97. The summed E-state index contributed by atoms with van der Waals surface area (Å²) in [6.45, 7) is 27.2. The maximum Gasteiger partial charge on any atom is 0.0738 e. The number of hydrogen-bond donors (Lipinski definition) is 2. The first-order chi connectivity index (χ1) is 30.2. The molecular formula is C60H62N4. The monoisotopic (exact) mass is 838 g/mol. The standard InChI is InChI=1S/C60H62N4/c1-57(2,3)41-21-13-37(14-22-41)53-45-29-31-47(61-45)54(38-15-23-42(24-16-38)58(4,5)6)49-33-35-51(63-49)56(40-19-27-44(28-20-40)60(10,11)12)52-36-34-50(64-52)55(48-32-30-46(53)62-48)39-17-25-43(26-18-39)59(7,8)9/h13-36,61-62H,1-12H3. The maximum absolute atomic E-state index is 5.54. The van der Waals surface area contributed by atoms with Crippen LogP contribution in [0.25, 0.3) is 90.9 Å². The van der Waals surface area contributed by atoms with E-state index in [1.807, 2.05) is 0 Å². The van der Waals surface area contributed by atoms with Crippen molar-refractivity contribution in [2.75, 3.05) is 0 Å². The van der Waals surface area contributed by atoms with E-state index in [1.54, 1.807) is 0 Å². The zero-order valence-corrected chi connectivity index (χ0v) is 39.8. The van der Waals surface area contributed by atoms with Gasteiger partial charge in [-0.3, -0.25) is 0 Å². The van der Waals surface area contributed by atoms with Crippen molar-refractivity contribution in [1.82, 2.24) is 19.9 Å². The maximum atomic E-state index is 5.54. The van der Waals surface area contributed by atoms with Crippen molar-refractivity contribution in [2.24, 2.45) is 0 Å². The van der Waals surface area contributed by atoms with E-state index in [2.05, 4.69) is 239 Å². The predicted molar refractivity (Wildman–Crippen MR) is 275 cm³/mol. The van der Waals surface area contributed by atoms with Crippen LogP contribution in [0.3, 0.4) is 0 Å². The average molecular weight is 839 g/mol. The quantitative estimate of drug-likeness (QED) is 0.185. The normalized spacial score (nSPS) is 13.2. The van der Waals surface area contributed by atoms with Gasteiger partial charge in [0.05, 0.1) is 22.8 Å². The Labute approximate surface area is 380 Å². The molecule has 9 rings (SSSR count). The molecule has 3 aromatic heterocycles. The molecule has 8 bridgehead atoms. The highest BCUT2D eigenvalue weighted by Gasteiger charge is 2.23. The van der Waals surface area contributed by atoms with Crippen molar-refractivity contribution < 1.29 is 0 Å². The summed E-state index contributed by atoms with van der Waals surface area (Å²) in [5.74, 6) is 0. The van der Waals surface area contributed by atoms with Gasteiger partial charge in [-0.15, -0.1) is 0 Å². The van der Waals surface area contributed by atoms with Gasteiger partial charge in [-0.2, -0.15) is 0 Å². The third kappa shape index (κ3) is 8.23. The van der Waals surface area contributed by atoms with E-state index in [4.69, 9.17) is 9.97 Å². The van der Waals surface area contributed by atoms with E-state index in [1.165, 1.54) is 22.3 Å². The van der Waals surface area contributed by atoms with Gasteiger partial charge in [-0.25, -0.2) is 9.97 Å². The van der Waals surface area contributed by atoms with Crippen LogP contribution in [-0.2, 0) is 21.7 Å². The minimum Gasteiger partial charge on any atom is -0.354 e. The molecule has 0 aliphatic carbocycles. The first-order valence-corrected chi connectivity index (χ1v) is 22.8. The third-order valence-electron chi connectivity index (χ3n) is 12.9. The molecular weight excluding hydrogens is 777 g/mol. The SMILES string of the molecule is CC(C)(C)c1ccc(-c2c3nc(c(-c4ccc(C(C)(C)C)cc4)c4ccc([nH]4)c(-c4ccc(C(C)(C)C)cc4)c4ccc([nH]4)c(-c4ccc(C(C)(C)C)cc4)c4nc2C=C4)C=C3)cc1. The van der Waals surface area contributed by atoms with E-state index in [0.29, 0.717) is 0 Å². The number of fused-ring (bicyclic) bond motifs is 8. The van der Waals surface area contributed by atoms with Gasteiger partial charge in [-0.1, -0.05) is 180 Å². The number of H-pyrrole nitrogens is 2. The molecule has 0 unspecified atom stereocenters. The third-order valence-corrected chi connectivity index (χ3v) is 12.9. The highest BCUT2D eigenvalue weighted by molar-refractivity contribution is 6.00. The van der Waals surface area contributed by atoms with Gasteiger partial charge in [-0.05, 0) is 115 Å². The Morgan fingerprint density at radius 3 is 0.750 bits per heavy atom. The molecule has 4 heteroatoms. The molecule has 322 valence electrons. The number of aromatic nitrogens is 4. The van der Waals surface area contributed by atoms with Crippen molar-refractivity contribution in [3.05, 3.63) is 166 Å². The number of nitrogens with one attached hydrogen (secondary N) is 2. The lowest BCUT2D eigenvalue weighted by Gasteiger charge is -2.19. The second kappa shape index (κ2) is 15.6. The Kier molecular flexibility index (Phi) is 10.4. The van der Waals surface area contributed by atoms with Crippen LogP contribution in [0.2, 0.25) is 0 Å². The summed E-state index contributed by atoms with van der Waals surface area (Å²) in [5.41, 5.74) is 21.5. The second-order valence-corrected chi connectivity index (χ2v) is 21.8. The van der Waals surface area contributed by atoms with Crippen molar-refractivity contribution in [1.29, 1.82) is 0 Å². The number of benzene rings is 4. The zero-order chi connectivity index (χ0) is 45.3. The molecule has 2 aliphatic heterocycles. The van der Waals surface area contributed by atoms with E-state index < -0.39 is 0 Å². The van der Waals surface area contributed by atoms with Gasteiger partial charge < -0.3 is 9.97 Å². The van der Waals surface area contributed by atoms with Crippen LogP contribution in [-0.4, -0.2) is 19.9 Å². The fraction of sp³-hybridized carbons (Fsp3) is 0.267. The van der Waals surface area contributed by atoms with Gasteiger partial charge in [0, 0.05) is 44.3 Å². The van der Waals surface area contributed by atoms with Gasteiger partial charge >= 0.3 is 0 Å². The van der Waals surface area contributed by atoms with E-state index >= 15 is 0 Å². The Balaban J connectivity index is 1.42. The highest BCUT2D eigenvalue weighted by Crippen LogP contribution is 2.40. The minimum atomic E-state index is 0.0247. The topological polar surface area (TPSA) is 57.4 Å². The van der Waals surface area contributed by atoms with Gasteiger partial charge in [0.2, 0.25) is 0 Å². The van der Waals surface area contributed by atoms with Crippen molar-refractivity contribution in [2.45, 2.75) is 105 Å². The molecule has 0 saturated carbocycles. The number of nitrogens with zero attached hydrogens (tertiary/aromatic N) is 2. The smallest absolute Gasteiger partial charge is 0.0738 e. The Bertz CT molecular complexity index is 2960. The first-order valence-electron chi connectivity index (χ1n) is 22.8. The Morgan fingerprint density at radius 1 is 0.266 bits per heavy atom. The van der Waals surface area contributed by atoms with Crippen LogP contribution < -0.4 is 0 Å². The molecule has 0 amide bonds. The molecule has 4 nitrogen and oxygen atoms in total. The van der Waals surface area contributed by atoms with E-state index in [-0.39, 0.29) is 21.7 Å². The largest absolute Gasteiger partial charge is 0.354 e. The molecule has 2 aliphatic rings. The van der Waals surface area contributed by atoms with Gasteiger partial charge in [0.15, 0.2) is 0 Å². The molecule has 0 saturated heterocycles.